The summed E-state index contributed by atoms with van der Waals surface area (Å²) in [6.45, 7) is 6.51. The Kier molecular flexibility index (Phi) is 5.20. The van der Waals surface area contributed by atoms with Crippen molar-refractivity contribution in [2.24, 2.45) is 0 Å². The molecule has 0 radical (unpaired) electrons. The number of carbonyl (C=O) groups is 1. The molecule has 6 nitrogen and oxygen atoms in total. The van der Waals surface area contributed by atoms with Crippen LogP contribution in [0, 0.1) is 0 Å². The summed E-state index contributed by atoms with van der Waals surface area (Å²) < 4.78 is 5.61. The molecule has 2 aromatic heterocycles. The number of anilines is 1. The molecule has 0 spiro atoms. The molecule has 0 aliphatic carbocycles. The van der Waals surface area contributed by atoms with Crippen LogP contribution in [0.15, 0.2) is 23.7 Å². The minimum Gasteiger partial charge on any atom is -0.475 e. The number of rotatable bonds is 4. The van der Waals surface area contributed by atoms with Gasteiger partial charge in [-0.1, -0.05) is 11.6 Å². The molecule has 0 bridgehead atoms. The highest BCUT2D eigenvalue weighted by molar-refractivity contribution is 7.12. The zero-order chi connectivity index (χ0) is 17.1. The molecule has 0 N–H and O–H groups in total. The first kappa shape index (κ1) is 17.0. The summed E-state index contributed by atoms with van der Waals surface area (Å²) >= 11 is 7.43. The van der Waals surface area contributed by atoms with Gasteiger partial charge in [0, 0.05) is 38.4 Å². The van der Waals surface area contributed by atoms with Crippen LogP contribution in [0.3, 0.4) is 0 Å². The van der Waals surface area contributed by atoms with E-state index >= 15 is 0 Å². The van der Waals surface area contributed by atoms with Crippen molar-refractivity contribution in [1.82, 2.24) is 14.9 Å². The molecule has 1 fully saturated rings. The molecule has 3 heterocycles. The van der Waals surface area contributed by atoms with Crippen LogP contribution in [0.2, 0.25) is 5.02 Å². The second-order valence-electron chi connectivity index (χ2n) is 5.74. The van der Waals surface area contributed by atoms with Crippen LogP contribution in [0.25, 0.3) is 0 Å². The van der Waals surface area contributed by atoms with Gasteiger partial charge < -0.3 is 14.5 Å². The van der Waals surface area contributed by atoms with Crippen LogP contribution < -0.4 is 9.64 Å². The Bertz CT molecular complexity index is 714. The summed E-state index contributed by atoms with van der Waals surface area (Å²) in [6.07, 6.45) is 1.76. The summed E-state index contributed by atoms with van der Waals surface area (Å²) in [6, 6.07) is 3.51. The summed E-state index contributed by atoms with van der Waals surface area (Å²) in [5.41, 5.74) is 0. The number of amides is 1. The third kappa shape index (κ3) is 3.79. The smallest absolute Gasteiger partial charge is 0.265 e. The number of hydrogen-bond acceptors (Lipinski definition) is 6. The largest absolute Gasteiger partial charge is 0.475 e. The third-order valence-corrected chi connectivity index (χ3v) is 4.96. The van der Waals surface area contributed by atoms with Crippen LogP contribution in [0.5, 0.6) is 5.88 Å². The Hall–Kier alpha value is -1.86. The van der Waals surface area contributed by atoms with Gasteiger partial charge >= 0.3 is 0 Å². The van der Waals surface area contributed by atoms with Crippen LogP contribution in [-0.4, -0.2) is 53.1 Å². The maximum absolute atomic E-state index is 12.5. The van der Waals surface area contributed by atoms with Gasteiger partial charge in [-0.15, -0.1) is 11.3 Å². The molecule has 3 rings (SSSR count). The fourth-order valence-electron chi connectivity index (χ4n) is 2.49. The fourth-order valence-corrected chi connectivity index (χ4v) is 3.59. The van der Waals surface area contributed by atoms with Gasteiger partial charge in [-0.05, 0) is 25.3 Å². The van der Waals surface area contributed by atoms with E-state index in [1.807, 2.05) is 24.1 Å². The van der Waals surface area contributed by atoms with Crippen molar-refractivity contribution >= 4 is 34.8 Å². The number of piperazine rings is 1. The molecular weight excluding hydrogens is 348 g/mol. The Morgan fingerprint density at radius 3 is 2.67 bits per heavy atom. The maximum Gasteiger partial charge on any atom is 0.265 e. The Balaban J connectivity index is 1.63. The number of ether oxygens (including phenoxy) is 1. The average molecular weight is 367 g/mol. The molecule has 1 aliphatic heterocycles. The molecule has 1 amide bonds. The van der Waals surface area contributed by atoms with E-state index in [-0.39, 0.29) is 12.0 Å². The first-order valence-electron chi connectivity index (χ1n) is 7.81. The van der Waals surface area contributed by atoms with Gasteiger partial charge in [-0.3, -0.25) is 4.79 Å². The lowest BCUT2D eigenvalue weighted by Gasteiger charge is -2.34. The molecule has 1 aliphatic rings. The Morgan fingerprint density at radius 1 is 1.29 bits per heavy atom. The number of hydrogen-bond donors (Lipinski definition) is 0. The fraction of sp³-hybridized carbons (Fsp3) is 0.438. The van der Waals surface area contributed by atoms with Crippen molar-refractivity contribution in [2.45, 2.75) is 20.0 Å². The number of aromatic nitrogens is 2. The predicted molar refractivity (Wildman–Crippen MR) is 95.2 cm³/mol. The van der Waals surface area contributed by atoms with E-state index in [1.165, 1.54) is 11.3 Å². The quantitative estimate of drug-likeness (QED) is 0.832. The number of halogens is 1. The number of thiophene rings is 1. The van der Waals surface area contributed by atoms with Gasteiger partial charge in [0.1, 0.15) is 4.88 Å². The lowest BCUT2D eigenvalue weighted by Crippen LogP contribution is -2.49. The Labute approximate surface area is 150 Å². The molecule has 2 aromatic rings. The zero-order valence-corrected chi connectivity index (χ0v) is 15.2. The summed E-state index contributed by atoms with van der Waals surface area (Å²) in [4.78, 5) is 25.7. The van der Waals surface area contributed by atoms with Gasteiger partial charge in [0.2, 0.25) is 11.8 Å². The van der Waals surface area contributed by atoms with Crippen molar-refractivity contribution in [1.29, 1.82) is 0 Å². The van der Waals surface area contributed by atoms with E-state index in [0.717, 1.165) is 0 Å². The van der Waals surface area contributed by atoms with Crippen molar-refractivity contribution in [3.8, 4) is 5.88 Å². The number of carbonyl (C=O) groups excluding carboxylic acids is 1. The van der Waals surface area contributed by atoms with Crippen LogP contribution in [0.4, 0.5) is 5.95 Å². The zero-order valence-electron chi connectivity index (χ0n) is 13.6. The standard InChI is InChI=1S/C16H19ClN4O2S/c1-11(2)23-13-3-5-18-16(19-13)21-8-6-20(7-9-21)15(22)14-12(17)4-10-24-14/h3-5,10-11H,6-9H2,1-2H3. The topological polar surface area (TPSA) is 58.6 Å². The second kappa shape index (κ2) is 7.36. The minimum atomic E-state index is -0.00698. The van der Waals surface area contributed by atoms with Gasteiger partial charge in [0.25, 0.3) is 5.91 Å². The molecule has 1 saturated heterocycles. The normalized spacial score (nSPS) is 15.0. The second-order valence-corrected chi connectivity index (χ2v) is 7.06. The summed E-state index contributed by atoms with van der Waals surface area (Å²) in [5, 5.41) is 2.36. The highest BCUT2D eigenvalue weighted by atomic mass is 35.5. The molecule has 0 unspecified atom stereocenters. The van der Waals surface area contributed by atoms with Crippen molar-refractivity contribution in [2.75, 3.05) is 31.1 Å². The predicted octanol–water partition coefficient (Wildman–Crippen LogP) is 2.94. The van der Waals surface area contributed by atoms with E-state index in [2.05, 4.69) is 14.9 Å². The van der Waals surface area contributed by atoms with Crippen LogP contribution >= 0.6 is 22.9 Å². The van der Waals surface area contributed by atoms with Crippen molar-refractivity contribution in [3.63, 3.8) is 0 Å². The SMILES string of the molecule is CC(C)Oc1ccnc(N2CCN(C(=O)c3sccc3Cl)CC2)n1. The van der Waals surface area contributed by atoms with Crippen molar-refractivity contribution < 1.29 is 9.53 Å². The van der Waals surface area contributed by atoms with E-state index < -0.39 is 0 Å². The molecule has 0 atom stereocenters. The van der Waals surface area contributed by atoms with E-state index in [0.29, 0.717) is 47.9 Å². The first-order chi connectivity index (χ1) is 11.5. The van der Waals surface area contributed by atoms with E-state index in [9.17, 15) is 4.79 Å². The van der Waals surface area contributed by atoms with Gasteiger partial charge in [0.15, 0.2) is 0 Å². The molecule has 0 aromatic carbocycles. The maximum atomic E-state index is 12.5. The molecule has 0 saturated carbocycles. The van der Waals surface area contributed by atoms with Crippen LogP contribution in [-0.2, 0) is 0 Å². The number of nitrogens with zero attached hydrogens (tertiary/aromatic N) is 4. The molecular formula is C16H19ClN4O2S. The highest BCUT2D eigenvalue weighted by Gasteiger charge is 2.25. The van der Waals surface area contributed by atoms with Gasteiger partial charge in [-0.25, -0.2) is 4.98 Å². The first-order valence-corrected chi connectivity index (χ1v) is 9.07. The highest BCUT2D eigenvalue weighted by Crippen LogP contribution is 2.24. The lowest BCUT2D eigenvalue weighted by atomic mass is 10.3. The minimum absolute atomic E-state index is 0.00698. The van der Waals surface area contributed by atoms with Crippen LogP contribution in [0.1, 0.15) is 23.5 Å². The summed E-state index contributed by atoms with van der Waals surface area (Å²) in [5.74, 6) is 1.20. The molecule has 24 heavy (non-hydrogen) atoms. The lowest BCUT2D eigenvalue weighted by molar-refractivity contribution is 0.0751. The summed E-state index contributed by atoms with van der Waals surface area (Å²) in [7, 11) is 0. The monoisotopic (exact) mass is 366 g/mol. The van der Waals surface area contributed by atoms with E-state index in [1.54, 1.807) is 18.3 Å². The molecule has 128 valence electrons. The Morgan fingerprint density at radius 2 is 2.04 bits per heavy atom. The average Bonchev–Trinajstić information content (AvgIpc) is 3.00. The van der Waals surface area contributed by atoms with Gasteiger partial charge in [0.05, 0.1) is 11.1 Å². The third-order valence-electron chi connectivity index (χ3n) is 3.63. The molecule has 8 heteroatoms. The van der Waals surface area contributed by atoms with Crippen molar-refractivity contribution in [3.05, 3.63) is 33.6 Å². The van der Waals surface area contributed by atoms with Gasteiger partial charge in [-0.2, -0.15) is 4.98 Å². The van der Waals surface area contributed by atoms with E-state index in [4.69, 9.17) is 16.3 Å².